The fourth-order valence-electron chi connectivity index (χ4n) is 2.97. The van der Waals surface area contributed by atoms with Crippen LogP contribution >= 0.6 is 22.6 Å². The maximum Gasteiger partial charge on any atom is 0.150 e. The molecule has 0 aromatic heterocycles. The summed E-state index contributed by atoms with van der Waals surface area (Å²) >= 11 is 2.33. The number of benzene rings is 2. The van der Waals surface area contributed by atoms with Crippen molar-refractivity contribution < 1.29 is 9.53 Å². The number of carbonyl (C=O) groups is 1. The lowest BCUT2D eigenvalue weighted by Gasteiger charge is -2.27. The van der Waals surface area contributed by atoms with Crippen molar-refractivity contribution in [2.24, 2.45) is 5.92 Å². The van der Waals surface area contributed by atoms with Crippen molar-refractivity contribution in [1.29, 1.82) is 0 Å². The summed E-state index contributed by atoms with van der Waals surface area (Å²) < 4.78 is 7.32. The molecule has 0 radical (unpaired) electrons. The second kappa shape index (κ2) is 6.34. The van der Waals surface area contributed by atoms with Gasteiger partial charge in [0.2, 0.25) is 0 Å². The van der Waals surface area contributed by atoms with Crippen molar-refractivity contribution in [3.8, 4) is 5.75 Å². The number of fused-ring (bicyclic) bond motifs is 1. The second-order valence-electron chi connectivity index (χ2n) is 5.98. The normalized spacial score (nSPS) is 22.2. The highest BCUT2D eigenvalue weighted by Crippen LogP contribution is 2.33. The molecule has 1 fully saturated rings. The van der Waals surface area contributed by atoms with Gasteiger partial charge in [0.15, 0.2) is 0 Å². The second-order valence-corrected chi connectivity index (χ2v) is 7.05. The molecule has 0 spiro atoms. The van der Waals surface area contributed by atoms with E-state index in [0.717, 1.165) is 45.1 Å². The first-order valence-corrected chi connectivity index (χ1v) is 8.59. The molecule has 21 heavy (non-hydrogen) atoms. The number of ether oxygens (including phenoxy) is 1. The fourth-order valence-corrected chi connectivity index (χ4v) is 3.75. The minimum atomic E-state index is 0.335. The Morgan fingerprint density at radius 3 is 2.57 bits per heavy atom. The zero-order chi connectivity index (χ0) is 14.8. The van der Waals surface area contributed by atoms with Gasteiger partial charge >= 0.3 is 0 Å². The Kier molecular flexibility index (Phi) is 4.48. The Hall–Kier alpha value is -1.10. The largest absolute Gasteiger partial charge is 0.489 e. The minimum absolute atomic E-state index is 0.335. The van der Waals surface area contributed by atoms with E-state index in [1.165, 1.54) is 12.8 Å². The molecule has 2 nitrogen and oxygen atoms in total. The van der Waals surface area contributed by atoms with Crippen LogP contribution in [0.4, 0.5) is 0 Å². The highest BCUT2D eigenvalue weighted by atomic mass is 127. The predicted molar refractivity (Wildman–Crippen MR) is 94.1 cm³/mol. The maximum absolute atomic E-state index is 11.0. The molecular weight excluding hydrogens is 375 g/mol. The monoisotopic (exact) mass is 394 g/mol. The first kappa shape index (κ1) is 14.8. The Balaban J connectivity index is 1.88. The summed E-state index contributed by atoms with van der Waals surface area (Å²) in [7, 11) is 0. The van der Waals surface area contributed by atoms with Crippen LogP contribution in [0.2, 0.25) is 0 Å². The minimum Gasteiger partial charge on any atom is -0.489 e. The van der Waals surface area contributed by atoms with E-state index in [0.29, 0.717) is 11.7 Å². The van der Waals surface area contributed by atoms with Gasteiger partial charge in [0, 0.05) is 5.56 Å². The zero-order valence-corrected chi connectivity index (χ0v) is 14.3. The molecule has 1 aliphatic rings. The van der Waals surface area contributed by atoms with Crippen LogP contribution in [0, 0.1) is 9.49 Å². The van der Waals surface area contributed by atoms with Crippen molar-refractivity contribution in [2.75, 3.05) is 0 Å². The average molecular weight is 394 g/mol. The third-order valence-corrected chi connectivity index (χ3v) is 5.45. The number of hydrogen-bond donors (Lipinski definition) is 0. The van der Waals surface area contributed by atoms with Crippen molar-refractivity contribution in [1.82, 2.24) is 0 Å². The molecule has 1 aliphatic carbocycles. The summed E-state index contributed by atoms with van der Waals surface area (Å²) in [5.41, 5.74) is 0.712. The van der Waals surface area contributed by atoms with E-state index in [4.69, 9.17) is 4.74 Å². The van der Waals surface area contributed by atoms with Crippen LogP contribution in [-0.2, 0) is 0 Å². The summed E-state index contributed by atoms with van der Waals surface area (Å²) in [6.07, 6.45) is 6.02. The highest BCUT2D eigenvalue weighted by Gasteiger charge is 2.20. The molecule has 2 aromatic carbocycles. The standard InChI is InChI=1S/C18H19IO2/c1-12-2-7-15(8-3-12)21-17-9-6-14-5-4-13(11-20)10-16(14)18(17)19/h4-6,9-12,15H,2-3,7-8H2,1H3. The van der Waals surface area contributed by atoms with Crippen LogP contribution < -0.4 is 4.74 Å². The quantitative estimate of drug-likeness (QED) is 0.528. The van der Waals surface area contributed by atoms with E-state index in [2.05, 4.69) is 41.6 Å². The average Bonchev–Trinajstić information content (AvgIpc) is 2.52. The molecular formula is C18H19IO2. The van der Waals surface area contributed by atoms with E-state index in [1.807, 2.05) is 18.2 Å². The molecule has 0 amide bonds. The topological polar surface area (TPSA) is 26.3 Å². The lowest BCUT2D eigenvalue weighted by molar-refractivity contribution is 0.112. The smallest absolute Gasteiger partial charge is 0.150 e. The number of carbonyl (C=O) groups excluding carboxylic acids is 1. The number of hydrogen-bond acceptors (Lipinski definition) is 2. The molecule has 110 valence electrons. The molecule has 0 aliphatic heterocycles. The van der Waals surface area contributed by atoms with Crippen molar-refractivity contribution in [2.45, 2.75) is 38.7 Å². The molecule has 3 heteroatoms. The van der Waals surface area contributed by atoms with Crippen molar-refractivity contribution >= 4 is 39.6 Å². The fraction of sp³-hybridized carbons (Fsp3) is 0.389. The van der Waals surface area contributed by atoms with E-state index in [-0.39, 0.29) is 0 Å². The lowest BCUT2D eigenvalue weighted by Crippen LogP contribution is -2.23. The Bertz CT molecular complexity index is 658. The SMILES string of the molecule is CC1CCC(Oc2ccc3ccc(C=O)cc3c2I)CC1. The van der Waals surface area contributed by atoms with Gasteiger partial charge in [-0.2, -0.15) is 0 Å². The Morgan fingerprint density at radius 1 is 1.14 bits per heavy atom. The molecule has 0 saturated heterocycles. The molecule has 0 bridgehead atoms. The van der Waals surface area contributed by atoms with E-state index in [9.17, 15) is 4.79 Å². The summed E-state index contributed by atoms with van der Waals surface area (Å²) in [5.74, 6) is 1.78. The lowest BCUT2D eigenvalue weighted by atomic mass is 9.89. The number of halogens is 1. The molecule has 3 rings (SSSR count). The van der Waals surface area contributed by atoms with Crippen molar-refractivity contribution in [3.05, 3.63) is 39.5 Å². The predicted octanol–water partition coefficient (Wildman–Crippen LogP) is 5.21. The van der Waals surface area contributed by atoms with Gasteiger partial charge in [-0.05, 0) is 77.1 Å². The van der Waals surface area contributed by atoms with E-state index in [1.54, 1.807) is 0 Å². The van der Waals surface area contributed by atoms with Crippen LogP contribution in [0.25, 0.3) is 10.8 Å². The molecule has 2 aromatic rings. The number of rotatable bonds is 3. The van der Waals surface area contributed by atoms with Gasteiger partial charge in [-0.1, -0.05) is 25.1 Å². The Labute approximate surface area is 139 Å². The summed E-state index contributed by atoms with van der Waals surface area (Å²) in [6, 6.07) is 9.93. The van der Waals surface area contributed by atoms with Crippen molar-refractivity contribution in [3.63, 3.8) is 0 Å². The highest BCUT2D eigenvalue weighted by molar-refractivity contribution is 14.1. The van der Waals surface area contributed by atoms with Crippen LogP contribution in [0.1, 0.15) is 43.0 Å². The van der Waals surface area contributed by atoms with Gasteiger partial charge in [-0.3, -0.25) is 4.79 Å². The van der Waals surface area contributed by atoms with Gasteiger partial charge in [0.05, 0.1) is 9.67 Å². The first-order valence-electron chi connectivity index (χ1n) is 7.51. The summed E-state index contributed by atoms with van der Waals surface area (Å²) in [6.45, 7) is 2.32. The molecule has 0 unspecified atom stereocenters. The molecule has 1 saturated carbocycles. The number of aldehydes is 1. The third kappa shape index (κ3) is 3.23. The van der Waals surface area contributed by atoms with Crippen LogP contribution in [0.3, 0.4) is 0 Å². The third-order valence-electron chi connectivity index (χ3n) is 4.34. The summed E-state index contributed by atoms with van der Waals surface area (Å²) in [4.78, 5) is 11.0. The molecule has 0 atom stereocenters. The maximum atomic E-state index is 11.0. The van der Waals surface area contributed by atoms with Gasteiger partial charge in [0.1, 0.15) is 12.0 Å². The van der Waals surface area contributed by atoms with Crippen LogP contribution in [-0.4, -0.2) is 12.4 Å². The first-order chi connectivity index (χ1) is 10.2. The molecule has 0 N–H and O–H groups in total. The van der Waals surface area contributed by atoms with Gasteiger partial charge in [0.25, 0.3) is 0 Å². The zero-order valence-electron chi connectivity index (χ0n) is 12.1. The van der Waals surface area contributed by atoms with E-state index < -0.39 is 0 Å². The van der Waals surface area contributed by atoms with Gasteiger partial charge < -0.3 is 4.74 Å². The van der Waals surface area contributed by atoms with Gasteiger partial charge in [-0.25, -0.2) is 0 Å². The Morgan fingerprint density at radius 2 is 1.86 bits per heavy atom. The van der Waals surface area contributed by atoms with Crippen LogP contribution in [0.5, 0.6) is 5.75 Å². The van der Waals surface area contributed by atoms with Crippen LogP contribution in [0.15, 0.2) is 30.3 Å². The summed E-state index contributed by atoms with van der Waals surface area (Å²) in [5, 5.41) is 2.25. The van der Waals surface area contributed by atoms with E-state index >= 15 is 0 Å². The van der Waals surface area contributed by atoms with Gasteiger partial charge in [-0.15, -0.1) is 0 Å². The molecule has 0 heterocycles.